The standard InChI is InChI=1S/C9H11Br2NO/c1-2-8(12)5-3-6(10)9(13)7(11)4-5/h3-4,8,13H,2,12H2,1H3. The molecule has 4 heteroatoms. The second-order valence-electron chi connectivity index (χ2n) is 2.85. The summed E-state index contributed by atoms with van der Waals surface area (Å²) in [5.41, 5.74) is 6.87. The fraction of sp³-hybridized carbons (Fsp3) is 0.333. The fourth-order valence-corrected chi connectivity index (χ4v) is 2.26. The molecule has 0 spiro atoms. The zero-order valence-electron chi connectivity index (χ0n) is 7.22. The third-order valence-corrected chi connectivity index (χ3v) is 3.12. The van der Waals surface area contributed by atoms with Gasteiger partial charge in [-0.05, 0) is 56.0 Å². The van der Waals surface area contributed by atoms with Gasteiger partial charge in [-0.3, -0.25) is 0 Å². The van der Waals surface area contributed by atoms with Gasteiger partial charge in [-0.2, -0.15) is 0 Å². The molecule has 13 heavy (non-hydrogen) atoms. The second kappa shape index (κ2) is 4.44. The van der Waals surface area contributed by atoms with Crippen molar-refractivity contribution in [3.8, 4) is 5.75 Å². The molecule has 0 aliphatic carbocycles. The molecule has 0 saturated heterocycles. The summed E-state index contributed by atoms with van der Waals surface area (Å²) in [6.45, 7) is 2.03. The molecule has 2 nitrogen and oxygen atoms in total. The Morgan fingerprint density at radius 1 is 1.38 bits per heavy atom. The van der Waals surface area contributed by atoms with Gasteiger partial charge in [-0.25, -0.2) is 0 Å². The van der Waals surface area contributed by atoms with E-state index in [1.807, 2.05) is 19.1 Å². The summed E-state index contributed by atoms with van der Waals surface area (Å²) >= 11 is 6.52. The van der Waals surface area contributed by atoms with Crippen molar-refractivity contribution >= 4 is 31.9 Å². The van der Waals surface area contributed by atoms with Gasteiger partial charge in [-0.15, -0.1) is 0 Å². The van der Waals surface area contributed by atoms with Crippen LogP contribution in [0, 0.1) is 0 Å². The minimum absolute atomic E-state index is 0.0215. The zero-order valence-corrected chi connectivity index (χ0v) is 10.4. The molecular weight excluding hydrogens is 298 g/mol. The maximum atomic E-state index is 9.45. The van der Waals surface area contributed by atoms with Crippen LogP contribution in [-0.2, 0) is 0 Å². The molecular formula is C9H11Br2NO. The van der Waals surface area contributed by atoms with Gasteiger partial charge >= 0.3 is 0 Å². The Morgan fingerprint density at radius 3 is 2.23 bits per heavy atom. The highest BCUT2D eigenvalue weighted by Crippen LogP contribution is 2.35. The Morgan fingerprint density at radius 2 is 1.85 bits per heavy atom. The number of phenols is 1. The summed E-state index contributed by atoms with van der Waals surface area (Å²) in [5, 5.41) is 9.45. The van der Waals surface area contributed by atoms with Crippen molar-refractivity contribution in [3.05, 3.63) is 26.6 Å². The van der Waals surface area contributed by atoms with E-state index in [1.54, 1.807) is 0 Å². The predicted octanol–water partition coefficient (Wildman–Crippen LogP) is 3.33. The van der Waals surface area contributed by atoms with E-state index in [2.05, 4.69) is 31.9 Å². The number of aromatic hydroxyl groups is 1. The third kappa shape index (κ3) is 2.45. The van der Waals surface area contributed by atoms with Crippen molar-refractivity contribution < 1.29 is 5.11 Å². The van der Waals surface area contributed by atoms with E-state index in [-0.39, 0.29) is 11.8 Å². The van der Waals surface area contributed by atoms with Crippen LogP contribution in [0.15, 0.2) is 21.1 Å². The van der Waals surface area contributed by atoms with Gasteiger partial charge in [0.15, 0.2) is 0 Å². The van der Waals surface area contributed by atoms with E-state index in [9.17, 15) is 5.11 Å². The number of rotatable bonds is 2. The van der Waals surface area contributed by atoms with Gasteiger partial charge in [0.25, 0.3) is 0 Å². The number of benzene rings is 1. The molecule has 1 aromatic rings. The van der Waals surface area contributed by atoms with E-state index in [0.717, 1.165) is 12.0 Å². The van der Waals surface area contributed by atoms with Crippen molar-refractivity contribution in [2.24, 2.45) is 5.73 Å². The number of hydrogen-bond acceptors (Lipinski definition) is 2. The topological polar surface area (TPSA) is 46.2 Å². The highest BCUT2D eigenvalue weighted by molar-refractivity contribution is 9.11. The molecule has 0 radical (unpaired) electrons. The Balaban J connectivity index is 3.13. The molecule has 72 valence electrons. The summed E-state index contributed by atoms with van der Waals surface area (Å²) in [6.07, 6.45) is 0.879. The monoisotopic (exact) mass is 307 g/mol. The largest absolute Gasteiger partial charge is 0.506 e. The van der Waals surface area contributed by atoms with Crippen LogP contribution in [0.1, 0.15) is 24.9 Å². The number of phenolic OH excluding ortho intramolecular Hbond substituents is 1. The maximum absolute atomic E-state index is 9.45. The highest BCUT2D eigenvalue weighted by Gasteiger charge is 2.09. The van der Waals surface area contributed by atoms with Gasteiger partial charge in [0.1, 0.15) is 5.75 Å². The fourth-order valence-electron chi connectivity index (χ4n) is 1.03. The summed E-state index contributed by atoms with van der Waals surface area (Å²) in [6, 6.07) is 3.70. The smallest absolute Gasteiger partial charge is 0.143 e. The van der Waals surface area contributed by atoms with E-state index >= 15 is 0 Å². The van der Waals surface area contributed by atoms with Gasteiger partial charge < -0.3 is 10.8 Å². The molecule has 0 amide bonds. The van der Waals surface area contributed by atoms with E-state index in [0.29, 0.717) is 8.95 Å². The predicted molar refractivity (Wildman–Crippen MR) is 60.7 cm³/mol. The summed E-state index contributed by atoms with van der Waals surface area (Å²) in [5.74, 6) is 0.215. The summed E-state index contributed by atoms with van der Waals surface area (Å²) in [4.78, 5) is 0. The van der Waals surface area contributed by atoms with E-state index in [4.69, 9.17) is 5.73 Å². The zero-order chi connectivity index (χ0) is 10.0. The minimum Gasteiger partial charge on any atom is -0.506 e. The van der Waals surface area contributed by atoms with Crippen molar-refractivity contribution in [2.75, 3.05) is 0 Å². The number of hydrogen-bond donors (Lipinski definition) is 2. The average molecular weight is 309 g/mol. The lowest BCUT2D eigenvalue weighted by Crippen LogP contribution is -2.08. The summed E-state index contributed by atoms with van der Waals surface area (Å²) in [7, 11) is 0. The highest BCUT2D eigenvalue weighted by atomic mass is 79.9. The number of nitrogens with two attached hydrogens (primary N) is 1. The normalized spacial score (nSPS) is 12.9. The first-order valence-electron chi connectivity index (χ1n) is 3.99. The van der Waals surface area contributed by atoms with Crippen LogP contribution in [0.3, 0.4) is 0 Å². The van der Waals surface area contributed by atoms with Crippen molar-refractivity contribution in [2.45, 2.75) is 19.4 Å². The molecule has 0 fully saturated rings. The molecule has 0 aliphatic heterocycles. The molecule has 0 aromatic heterocycles. The molecule has 3 N–H and O–H groups in total. The second-order valence-corrected chi connectivity index (χ2v) is 4.56. The molecule has 1 rings (SSSR count). The molecule has 1 unspecified atom stereocenters. The lowest BCUT2D eigenvalue weighted by molar-refractivity contribution is 0.468. The molecule has 1 aromatic carbocycles. The first kappa shape index (κ1) is 11.0. The van der Waals surface area contributed by atoms with Crippen LogP contribution in [0.5, 0.6) is 5.75 Å². The van der Waals surface area contributed by atoms with E-state index in [1.165, 1.54) is 0 Å². The molecule has 0 saturated carbocycles. The van der Waals surface area contributed by atoms with Crippen LogP contribution in [0.4, 0.5) is 0 Å². The van der Waals surface area contributed by atoms with Gasteiger partial charge in [0, 0.05) is 6.04 Å². The number of halogens is 2. The van der Waals surface area contributed by atoms with Crippen molar-refractivity contribution in [1.29, 1.82) is 0 Å². The summed E-state index contributed by atoms with van der Waals surface area (Å²) < 4.78 is 1.33. The molecule has 1 atom stereocenters. The van der Waals surface area contributed by atoms with Crippen molar-refractivity contribution in [1.82, 2.24) is 0 Å². The average Bonchev–Trinajstić information content (AvgIpc) is 2.12. The maximum Gasteiger partial charge on any atom is 0.143 e. The van der Waals surface area contributed by atoms with Crippen LogP contribution in [0.25, 0.3) is 0 Å². The molecule has 0 bridgehead atoms. The Labute approximate surface area is 94.4 Å². The Kier molecular flexibility index (Phi) is 3.76. The quantitative estimate of drug-likeness (QED) is 0.880. The van der Waals surface area contributed by atoms with Crippen molar-refractivity contribution in [3.63, 3.8) is 0 Å². The first-order valence-corrected chi connectivity index (χ1v) is 5.58. The van der Waals surface area contributed by atoms with Crippen LogP contribution in [0.2, 0.25) is 0 Å². The van der Waals surface area contributed by atoms with Crippen LogP contribution in [-0.4, -0.2) is 5.11 Å². The minimum atomic E-state index is 0.0215. The molecule has 0 heterocycles. The Bertz CT molecular complexity index is 291. The SMILES string of the molecule is CCC(N)c1cc(Br)c(O)c(Br)c1. The first-order chi connectivity index (χ1) is 6.06. The lowest BCUT2D eigenvalue weighted by atomic mass is 10.1. The lowest BCUT2D eigenvalue weighted by Gasteiger charge is -2.11. The van der Waals surface area contributed by atoms with Crippen LogP contribution >= 0.6 is 31.9 Å². The van der Waals surface area contributed by atoms with Crippen LogP contribution < -0.4 is 5.73 Å². The van der Waals surface area contributed by atoms with E-state index < -0.39 is 0 Å². The molecule has 0 aliphatic rings. The van der Waals surface area contributed by atoms with Gasteiger partial charge in [0.2, 0.25) is 0 Å². The van der Waals surface area contributed by atoms with Gasteiger partial charge in [-0.1, -0.05) is 6.92 Å². The van der Waals surface area contributed by atoms with Gasteiger partial charge in [0.05, 0.1) is 8.95 Å². The Hall–Kier alpha value is -0.0600. The third-order valence-electron chi connectivity index (χ3n) is 1.91.